The lowest BCUT2D eigenvalue weighted by Gasteiger charge is -2.31. The first kappa shape index (κ1) is 13.9. The molecule has 2 heterocycles. The quantitative estimate of drug-likeness (QED) is 0.865. The number of amides is 1. The molecule has 2 rings (SSSR count). The number of nitrogens with one attached hydrogen (secondary N) is 2. The van der Waals surface area contributed by atoms with Gasteiger partial charge in [0.1, 0.15) is 0 Å². The number of hydrogen-bond donors (Lipinski definition) is 2. The first-order chi connectivity index (χ1) is 9.20. The van der Waals surface area contributed by atoms with E-state index in [1.807, 2.05) is 20.0 Å². The van der Waals surface area contributed by atoms with E-state index in [-0.39, 0.29) is 6.09 Å². The fourth-order valence-corrected chi connectivity index (χ4v) is 2.29. The van der Waals surface area contributed by atoms with Crippen molar-refractivity contribution in [1.82, 2.24) is 20.4 Å². The molecule has 6 nitrogen and oxygen atoms in total. The van der Waals surface area contributed by atoms with Gasteiger partial charge in [-0.3, -0.25) is 5.10 Å². The maximum atomic E-state index is 11.6. The van der Waals surface area contributed by atoms with Crippen LogP contribution in [-0.2, 0) is 11.3 Å². The summed E-state index contributed by atoms with van der Waals surface area (Å²) in [6, 6.07) is 0.458. The summed E-state index contributed by atoms with van der Waals surface area (Å²) in [6.45, 7) is 6.65. The fraction of sp³-hybridized carbons (Fsp3) is 0.692. The lowest BCUT2D eigenvalue weighted by Crippen LogP contribution is -2.44. The zero-order valence-electron chi connectivity index (χ0n) is 11.6. The molecule has 1 aliphatic rings. The summed E-state index contributed by atoms with van der Waals surface area (Å²) in [6.07, 6.45) is 3.60. The van der Waals surface area contributed by atoms with Gasteiger partial charge in [0.25, 0.3) is 0 Å². The highest BCUT2D eigenvalue weighted by Gasteiger charge is 2.23. The van der Waals surface area contributed by atoms with Crippen LogP contribution in [0.3, 0.4) is 0 Å². The van der Waals surface area contributed by atoms with Gasteiger partial charge in [-0.25, -0.2) is 4.79 Å². The molecule has 1 aromatic heterocycles. The molecule has 0 atom stereocenters. The van der Waals surface area contributed by atoms with Gasteiger partial charge < -0.3 is 15.0 Å². The molecule has 0 unspecified atom stereocenters. The first-order valence-corrected chi connectivity index (χ1v) is 6.84. The maximum absolute atomic E-state index is 11.6. The Labute approximate surface area is 113 Å². The van der Waals surface area contributed by atoms with Gasteiger partial charge in [0, 0.05) is 36.9 Å². The summed E-state index contributed by atoms with van der Waals surface area (Å²) in [5, 5.41) is 10.5. The molecular formula is C13H22N4O2. The number of carbonyl (C=O) groups is 1. The van der Waals surface area contributed by atoms with Gasteiger partial charge in [0.15, 0.2) is 0 Å². The molecule has 0 radical (unpaired) electrons. The highest BCUT2D eigenvalue weighted by molar-refractivity contribution is 5.67. The molecule has 1 aliphatic heterocycles. The zero-order valence-corrected chi connectivity index (χ0v) is 11.6. The second-order valence-electron chi connectivity index (χ2n) is 4.86. The molecule has 1 amide bonds. The van der Waals surface area contributed by atoms with E-state index >= 15 is 0 Å². The van der Waals surface area contributed by atoms with Crippen LogP contribution in [0.25, 0.3) is 0 Å². The van der Waals surface area contributed by atoms with Crippen LogP contribution < -0.4 is 5.32 Å². The Balaban J connectivity index is 1.72. The summed E-state index contributed by atoms with van der Waals surface area (Å²) in [5.41, 5.74) is 2.31. The topological polar surface area (TPSA) is 70.2 Å². The third-order valence-electron chi connectivity index (χ3n) is 3.54. The number of H-pyrrole nitrogens is 1. The normalized spacial score (nSPS) is 16.6. The largest absolute Gasteiger partial charge is 0.450 e. The van der Waals surface area contributed by atoms with Crippen molar-refractivity contribution in [2.24, 2.45) is 0 Å². The maximum Gasteiger partial charge on any atom is 0.409 e. The molecule has 1 aromatic rings. The van der Waals surface area contributed by atoms with Crippen molar-refractivity contribution in [3.63, 3.8) is 0 Å². The smallest absolute Gasteiger partial charge is 0.409 e. The monoisotopic (exact) mass is 266 g/mol. The predicted octanol–water partition coefficient (Wildman–Crippen LogP) is 1.43. The van der Waals surface area contributed by atoms with E-state index in [2.05, 4.69) is 15.5 Å². The minimum atomic E-state index is -0.188. The van der Waals surface area contributed by atoms with Crippen molar-refractivity contribution in [1.29, 1.82) is 0 Å². The summed E-state index contributed by atoms with van der Waals surface area (Å²) in [5.74, 6) is 0. The van der Waals surface area contributed by atoms with E-state index in [0.29, 0.717) is 12.6 Å². The van der Waals surface area contributed by atoms with E-state index in [9.17, 15) is 4.79 Å². The van der Waals surface area contributed by atoms with Gasteiger partial charge in [0.2, 0.25) is 0 Å². The van der Waals surface area contributed by atoms with Gasteiger partial charge in [-0.15, -0.1) is 0 Å². The average Bonchev–Trinajstić information content (AvgIpc) is 2.83. The van der Waals surface area contributed by atoms with Crippen molar-refractivity contribution >= 4 is 6.09 Å². The zero-order chi connectivity index (χ0) is 13.7. The number of aromatic amines is 1. The lowest BCUT2D eigenvalue weighted by atomic mass is 10.1. The Morgan fingerprint density at radius 1 is 1.58 bits per heavy atom. The van der Waals surface area contributed by atoms with E-state index in [1.165, 1.54) is 5.56 Å². The Hall–Kier alpha value is -1.56. The molecule has 6 heteroatoms. The summed E-state index contributed by atoms with van der Waals surface area (Å²) < 4.78 is 5.01. The Kier molecular flexibility index (Phi) is 4.79. The number of carbonyl (C=O) groups excluding carboxylic acids is 1. The molecule has 0 aliphatic carbocycles. The second kappa shape index (κ2) is 6.56. The summed E-state index contributed by atoms with van der Waals surface area (Å²) in [4.78, 5) is 13.3. The molecule has 0 bridgehead atoms. The minimum absolute atomic E-state index is 0.188. The molecule has 0 aromatic carbocycles. The highest BCUT2D eigenvalue weighted by Crippen LogP contribution is 2.12. The first-order valence-electron chi connectivity index (χ1n) is 6.84. The van der Waals surface area contributed by atoms with Gasteiger partial charge in [-0.05, 0) is 26.7 Å². The number of nitrogens with zero attached hydrogens (tertiary/aromatic N) is 2. The van der Waals surface area contributed by atoms with Crippen LogP contribution >= 0.6 is 0 Å². The Morgan fingerprint density at radius 2 is 2.32 bits per heavy atom. The van der Waals surface area contributed by atoms with E-state index in [0.717, 1.165) is 38.2 Å². The van der Waals surface area contributed by atoms with Crippen molar-refractivity contribution < 1.29 is 9.53 Å². The van der Waals surface area contributed by atoms with Crippen molar-refractivity contribution in [2.45, 2.75) is 39.3 Å². The third kappa shape index (κ3) is 3.70. The molecule has 0 saturated carbocycles. The van der Waals surface area contributed by atoms with E-state index in [1.54, 1.807) is 4.90 Å². The molecule has 2 N–H and O–H groups in total. The van der Waals surface area contributed by atoms with Gasteiger partial charge in [-0.2, -0.15) is 5.10 Å². The average molecular weight is 266 g/mol. The van der Waals surface area contributed by atoms with Crippen LogP contribution in [0.5, 0.6) is 0 Å². The number of aryl methyl sites for hydroxylation is 1. The van der Waals surface area contributed by atoms with Crippen molar-refractivity contribution in [2.75, 3.05) is 19.7 Å². The van der Waals surface area contributed by atoms with Crippen molar-refractivity contribution in [3.05, 3.63) is 17.5 Å². The van der Waals surface area contributed by atoms with Crippen molar-refractivity contribution in [3.8, 4) is 0 Å². The highest BCUT2D eigenvalue weighted by atomic mass is 16.6. The predicted molar refractivity (Wildman–Crippen MR) is 71.8 cm³/mol. The van der Waals surface area contributed by atoms with Crippen LogP contribution in [0, 0.1) is 6.92 Å². The molecular weight excluding hydrogens is 244 g/mol. The van der Waals surface area contributed by atoms with E-state index < -0.39 is 0 Å². The van der Waals surface area contributed by atoms with Crippen LogP contribution in [0.2, 0.25) is 0 Å². The van der Waals surface area contributed by atoms with Crippen LogP contribution in [0.4, 0.5) is 4.79 Å². The van der Waals surface area contributed by atoms with Crippen LogP contribution in [0.1, 0.15) is 31.0 Å². The standard InChI is InChI=1S/C13H22N4O2/c1-3-19-13(18)17-6-4-12(5-7-17)14-8-11-9-15-16-10(11)2/h9,12,14H,3-8H2,1-2H3,(H,15,16). The van der Waals surface area contributed by atoms with Gasteiger partial charge >= 0.3 is 6.09 Å². The minimum Gasteiger partial charge on any atom is -0.450 e. The summed E-state index contributed by atoms with van der Waals surface area (Å²) in [7, 11) is 0. The van der Waals surface area contributed by atoms with Crippen LogP contribution in [0.15, 0.2) is 6.20 Å². The molecule has 19 heavy (non-hydrogen) atoms. The second-order valence-corrected chi connectivity index (χ2v) is 4.86. The Bertz CT molecular complexity index is 411. The number of piperidine rings is 1. The molecule has 1 saturated heterocycles. The number of likely N-dealkylation sites (tertiary alicyclic amines) is 1. The summed E-state index contributed by atoms with van der Waals surface area (Å²) >= 11 is 0. The number of hydrogen-bond acceptors (Lipinski definition) is 4. The fourth-order valence-electron chi connectivity index (χ4n) is 2.29. The van der Waals surface area contributed by atoms with Gasteiger partial charge in [-0.1, -0.05) is 0 Å². The Morgan fingerprint density at radius 3 is 2.89 bits per heavy atom. The molecule has 106 valence electrons. The number of ether oxygens (including phenoxy) is 1. The van der Waals surface area contributed by atoms with Crippen LogP contribution in [-0.4, -0.2) is 46.9 Å². The number of aromatic nitrogens is 2. The SMILES string of the molecule is CCOC(=O)N1CCC(NCc2cn[nH]c2C)CC1. The number of rotatable bonds is 4. The molecule has 0 spiro atoms. The third-order valence-corrected chi connectivity index (χ3v) is 3.54. The van der Waals surface area contributed by atoms with E-state index in [4.69, 9.17) is 4.74 Å². The van der Waals surface area contributed by atoms with Gasteiger partial charge in [0.05, 0.1) is 12.8 Å². The molecule has 1 fully saturated rings. The lowest BCUT2D eigenvalue weighted by molar-refractivity contribution is 0.0950.